The minimum atomic E-state index is -0.462. The van der Waals surface area contributed by atoms with Crippen LogP contribution in [0.1, 0.15) is 58.6 Å². The first-order valence-electron chi connectivity index (χ1n) is 9.83. The van der Waals surface area contributed by atoms with Crippen LogP contribution in [-0.2, 0) is 4.74 Å². The van der Waals surface area contributed by atoms with Crippen LogP contribution in [0.2, 0.25) is 0 Å². The first-order chi connectivity index (χ1) is 14.1. The standard InChI is InChI=1S/C22H26N4O3/c1-15-14-19(20(27)23-13-12-16-8-4-3-5-9-16)26-22(24-15)25-18-11-7-6-10-17(18)21(28)29-2/h6-8,10-11,14H,3-5,9,12-13H2,1-2H3,(H,23,27)(H,24,25,26). The third-order valence-corrected chi connectivity index (χ3v) is 4.78. The fourth-order valence-corrected chi connectivity index (χ4v) is 3.30. The summed E-state index contributed by atoms with van der Waals surface area (Å²) in [5.41, 5.74) is 3.23. The number of anilines is 2. The van der Waals surface area contributed by atoms with Crippen molar-refractivity contribution in [3.8, 4) is 0 Å². The summed E-state index contributed by atoms with van der Waals surface area (Å²) >= 11 is 0. The van der Waals surface area contributed by atoms with E-state index < -0.39 is 5.97 Å². The van der Waals surface area contributed by atoms with Crippen molar-refractivity contribution in [2.75, 3.05) is 19.0 Å². The molecule has 0 radical (unpaired) electrons. The Bertz CT molecular complexity index is 924. The zero-order valence-corrected chi connectivity index (χ0v) is 16.8. The Hall–Kier alpha value is -3.22. The van der Waals surface area contributed by atoms with Crippen LogP contribution in [0.15, 0.2) is 42.0 Å². The predicted octanol–water partition coefficient (Wildman–Crippen LogP) is 3.94. The average Bonchev–Trinajstić information content (AvgIpc) is 2.74. The molecule has 0 bridgehead atoms. The molecule has 1 amide bonds. The lowest BCUT2D eigenvalue weighted by atomic mass is 9.97. The fourth-order valence-electron chi connectivity index (χ4n) is 3.30. The Kier molecular flexibility index (Phi) is 6.94. The van der Waals surface area contributed by atoms with Crippen LogP contribution in [0.4, 0.5) is 11.6 Å². The van der Waals surface area contributed by atoms with E-state index in [1.54, 1.807) is 37.3 Å². The molecular weight excluding hydrogens is 368 g/mol. The summed E-state index contributed by atoms with van der Waals surface area (Å²) in [7, 11) is 1.33. The first-order valence-corrected chi connectivity index (χ1v) is 9.83. The number of esters is 1. The van der Waals surface area contributed by atoms with E-state index in [2.05, 4.69) is 26.7 Å². The number of carbonyl (C=O) groups is 2. The highest BCUT2D eigenvalue weighted by Gasteiger charge is 2.15. The number of amides is 1. The molecule has 1 heterocycles. The molecule has 0 spiro atoms. The number of aromatic nitrogens is 2. The molecule has 1 aromatic carbocycles. The van der Waals surface area contributed by atoms with Gasteiger partial charge >= 0.3 is 5.97 Å². The Morgan fingerprint density at radius 3 is 2.76 bits per heavy atom. The normalized spacial score (nSPS) is 13.4. The number of allylic oxidation sites excluding steroid dienone is 1. The quantitative estimate of drug-likeness (QED) is 0.546. The molecule has 3 rings (SSSR count). The number of aryl methyl sites for hydroxylation is 1. The number of methoxy groups -OCH3 is 1. The van der Waals surface area contributed by atoms with Gasteiger partial charge < -0.3 is 15.4 Å². The molecule has 7 heteroatoms. The van der Waals surface area contributed by atoms with E-state index in [0.717, 1.165) is 19.3 Å². The number of para-hydroxylation sites is 1. The molecule has 0 fully saturated rings. The van der Waals surface area contributed by atoms with Crippen molar-refractivity contribution < 1.29 is 14.3 Å². The fraction of sp³-hybridized carbons (Fsp3) is 0.364. The molecule has 0 atom stereocenters. The van der Waals surface area contributed by atoms with Gasteiger partial charge in [0.25, 0.3) is 5.91 Å². The van der Waals surface area contributed by atoms with Crippen LogP contribution in [0.25, 0.3) is 0 Å². The number of rotatable bonds is 7. The van der Waals surface area contributed by atoms with E-state index in [-0.39, 0.29) is 17.5 Å². The van der Waals surface area contributed by atoms with Crippen molar-refractivity contribution in [2.24, 2.45) is 0 Å². The van der Waals surface area contributed by atoms with Gasteiger partial charge in [-0.2, -0.15) is 0 Å². The molecule has 29 heavy (non-hydrogen) atoms. The highest BCUT2D eigenvalue weighted by Crippen LogP contribution is 2.21. The van der Waals surface area contributed by atoms with E-state index in [0.29, 0.717) is 23.5 Å². The average molecular weight is 394 g/mol. The molecule has 0 saturated heterocycles. The molecule has 1 aromatic heterocycles. The van der Waals surface area contributed by atoms with E-state index in [4.69, 9.17) is 4.74 Å². The van der Waals surface area contributed by atoms with Crippen LogP contribution in [0, 0.1) is 6.92 Å². The van der Waals surface area contributed by atoms with Crippen molar-refractivity contribution in [2.45, 2.75) is 39.0 Å². The van der Waals surface area contributed by atoms with Gasteiger partial charge in [0.2, 0.25) is 5.95 Å². The molecular formula is C22H26N4O3. The number of hydrogen-bond acceptors (Lipinski definition) is 6. The molecule has 152 valence electrons. The van der Waals surface area contributed by atoms with Gasteiger partial charge in [0.1, 0.15) is 5.69 Å². The first kappa shape index (κ1) is 20.5. The zero-order valence-electron chi connectivity index (χ0n) is 16.8. The highest BCUT2D eigenvalue weighted by molar-refractivity contribution is 5.96. The predicted molar refractivity (Wildman–Crippen MR) is 111 cm³/mol. The van der Waals surface area contributed by atoms with Crippen molar-refractivity contribution >= 4 is 23.5 Å². The molecule has 1 aliphatic carbocycles. The number of nitrogens with one attached hydrogen (secondary N) is 2. The molecule has 2 aromatic rings. The molecule has 0 aliphatic heterocycles. The largest absolute Gasteiger partial charge is 0.465 e. The third-order valence-electron chi connectivity index (χ3n) is 4.78. The van der Waals surface area contributed by atoms with Crippen LogP contribution in [-0.4, -0.2) is 35.5 Å². The minimum Gasteiger partial charge on any atom is -0.465 e. The zero-order chi connectivity index (χ0) is 20.6. The SMILES string of the molecule is COC(=O)c1ccccc1Nc1nc(C)cc(C(=O)NCCC2=CCCCC2)n1. The second-order valence-electron chi connectivity index (χ2n) is 6.99. The Balaban J connectivity index is 1.69. The number of benzene rings is 1. The van der Waals surface area contributed by atoms with Gasteiger partial charge in [-0.3, -0.25) is 4.79 Å². The molecule has 0 saturated carbocycles. The van der Waals surface area contributed by atoms with Crippen molar-refractivity contribution in [1.82, 2.24) is 15.3 Å². The van der Waals surface area contributed by atoms with Gasteiger partial charge in [0, 0.05) is 12.2 Å². The van der Waals surface area contributed by atoms with Gasteiger partial charge in [-0.25, -0.2) is 14.8 Å². The van der Waals surface area contributed by atoms with Crippen molar-refractivity contribution in [3.05, 3.63) is 58.9 Å². The van der Waals surface area contributed by atoms with Gasteiger partial charge in [0.05, 0.1) is 18.4 Å². The summed E-state index contributed by atoms with van der Waals surface area (Å²) < 4.78 is 4.81. The lowest BCUT2D eigenvalue weighted by Crippen LogP contribution is -2.26. The van der Waals surface area contributed by atoms with Gasteiger partial charge in [-0.15, -0.1) is 0 Å². The summed E-state index contributed by atoms with van der Waals surface area (Å²) in [6.07, 6.45) is 7.89. The topological polar surface area (TPSA) is 93.2 Å². The summed E-state index contributed by atoms with van der Waals surface area (Å²) in [5.74, 6) is -0.451. The van der Waals surface area contributed by atoms with Gasteiger partial charge in [-0.05, 0) is 57.2 Å². The molecule has 2 N–H and O–H groups in total. The summed E-state index contributed by atoms with van der Waals surface area (Å²) in [5, 5.41) is 5.95. The second-order valence-corrected chi connectivity index (χ2v) is 6.99. The molecule has 7 nitrogen and oxygen atoms in total. The van der Waals surface area contributed by atoms with E-state index in [9.17, 15) is 9.59 Å². The summed E-state index contributed by atoms with van der Waals surface area (Å²) in [6.45, 7) is 2.38. The van der Waals surface area contributed by atoms with Crippen molar-refractivity contribution in [3.63, 3.8) is 0 Å². The summed E-state index contributed by atoms with van der Waals surface area (Å²) in [4.78, 5) is 33.1. The second kappa shape index (κ2) is 9.82. The van der Waals surface area contributed by atoms with Gasteiger partial charge in [0.15, 0.2) is 0 Å². The third kappa shape index (κ3) is 5.63. The number of nitrogens with zero attached hydrogens (tertiary/aromatic N) is 2. The number of ether oxygens (including phenoxy) is 1. The Morgan fingerprint density at radius 1 is 1.17 bits per heavy atom. The van der Waals surface area contributed by atoms with E-state index in [1.165, 1.54) is 25.5 Å². The molecule has 1 aliphatic rings. The van der Waals surface area contributed by atoms with Crippen LogP contribution < -0.4 is 10.6 Å². The van der Waals surface area contributed by atoms with E-state index in [1.807, 2.05) is 0 Å². The monoisotopic (exact) mass is 394 g/mol. The maximum absolute atomic E-state index is 12.5. The van der Waals surface area contributed by atoms with Gasteiger partial charge in [-0.1, -0.05) is 23.8 Å². The maximum Gasteiger partial charge on any atom is 0.339 e. The lowest BCUT2D eigenvalue weighted by Gasteiger charge is -2.13. The molecule has 0 unspecified atom stereocenters. The summed E-state index contributed by atoms with van der Waals surface area (Å²) in [6, 6.07) is 8.56. The number of hydrogen-bond donors (Lipinski definition) is 2. The van der Waals surface area contributed by atoms with Crippen LogP contribution >= 0.6 is 0 Å². The smallest absolute Gasteiger partial charge is 0.339 e. The minimum absolute atomic E-state index is 0.240. The van der Waals surface area contributed by atoms with Crippen LogP contribution in [0.3, 0.4) is 0 Å². The lowest BCUT2D eigenvalue weighted by molar-refractivity contribution is 0.0601. The maximum atomic E-state index is 12.5. The Morgan fingerprint density at radius 2 is 2.00 bits per heavy atom. The Labute approximate surface area is 170 Å². The highest BCUT2D eigenvalue weighted by atomic mass is 16.5. The van der Waals surface area contributed by atoms with Crippen LogP contribution in [0.5, 0.6) is 0 Å². The number of carbonyl (C=O) groups excluding carboxylic acids is 2. The van der Waals surface area contributed by atoms with E-state index >= 15 is 0 Å². The van der Waals surface area contributed by atoms with Crippen molar-refractivity contribution in [1.29, 1.82) is 0 Å².